The predicted octanol–water partition coefficient (Wildman–Crippen LogP) is 4.17. The SMILES string of the molecule is CCC1(C)CCCc2[nH]c3ccccc3c21. The number of nitrogens with one attached hydrogen (secondary N) is 1. The van der Waals surface area contributed by atoms with Crippen molar-refractivity contribution >= 4 is 10.9 Å². The van der Waals surface area contributed by atoms with Gasteiger partial charge < -0.3 is 4.98 Å². The summed E-state index contributed by atoms with van der Waals surface area (Å²) < 4.78 is 0. The molecule has 1 nitrogen and oxygen atoms in total. The van der Waals surface area contributed by atoms with Gasteiger partial charge in [0.25, 0.3) is 0 Å². The van der Waals surface area contributed by atoms with Crippen LogP contribution in [0.4, 0.5) is 0 Å². The number of fused-ring (bicyclic) bond motifs is 3. The Morgan fingerprint density at radius 2 is 2.12 bits per heavy atom. The Hall–Kier alpha value is -1.24. The normalized spacial score (nSPS) is 24.6. The van der Waals surface area contributed by atoms with Gasteiger partial charge in [-0.2, -0.15) is 0 Å². The fourth-order valence-electron chi connectivity index (χ4n) is 3.21. The second-order valence-electron chi connectivity index (χ2n) is 5.29. The van der Waals surface area contributed by atoms with Crippen LogP contribution in [0.2, 0.25) is 0 Å². The second-order valence-corrected chi connectivity index (χ2v) is 5.29. The number of aryl methyl sites for hydroxylation is 1. The lowest BCUT2D eigenvalue weighted by Crippen LogP contribution is -2.26. The molecule has 1 heterocycles. The van der Waals surface area contributed by atoms with E-state index in [0.29, 0.717) is 5.41 Å². The standard InChI is InChI=1S/C15H19N/c1-3-15(2)10-6-9-13-14(15)11-7-4-5-8-12(11)16-13/h4-5,7-8,16H,3,6,9-10H2,1-2H3. The molecule has 3 rings (SSSR count). The van der Waals surface area contributed by atoms with E-state index in [9.17, 15) is 0 Å². The van der Waals surface area contributed by atoms with E-state index >= 15 is 0 Å². The van der Waals surface area contributed by atoms with Crippen molar-refractivity contribution in [1.29, 1.82) is 0 Å². The average Bonchev–Trinajstić information content (AvgIpc) is 2.69. The molecule has 1 unspecified atom stereocenters. The van der Waals surface area contributed by atoms with Crippen LogP contribution < -0.4 is 0 Å². The summed E-state index contributed by atoms with van der Waals surface area (Å²) in [7, 11) is 0. The number of rotatable bonds is 1. The van der Waals surface area contributed by atoms with E-state index < -0.39 is 0 Å². The molecule has 0 saturated carbocycles. The molecule has 1 aliphatic rings. The Bertz CT molecular complexity index is 523. The Morgan fingerprint density at radius 1 is 1.31 bits per heavy atom. The molecule has 1 aliphatic carbocycles. The van der Waals surface area contributed by atoms with E-state index in [1.165, 1.54) is 42.3 Å². The highest BCUT2D eigenvalue weighted by molar-refractivity contribution is 5.86. The average molecular weight is 213 g/mol. The number of hydrogen-bond donors (Lipinski definition) is 1. The summed E-state index contributed by atoms with van der Waals surface area (Å²) in [5.74, 6) is 0. The van der Waals surface area contributed by atoms with Crippen molar-refractivity contribution in [2.24, 2.45) is 0 Å². The third kappa shape index (κ3) is 1.24. The molecular weight excluding hydrogens is 194 g/mol. The predicted molar refractivity (Wildman–Crippen MR) is 68.9 cm³/mol. The maximum Gasteiger partial charge on any atom is 0.0459 e. The molecule has 1 atom stereocenters. The second kappa shape index (κ2) is 3.38. The third-order valence-corrected chi connectivity index (χ3v) is 4.32. The lowest BCUT2D eigenvalue weighted by atomic mass is 9.71. The molecule has 0 radical (unpaired) electrons. The van der Waals surface area contributed by atoms with Gasteiger partial charge in [-0.15, -0.1) is 0 Å². The largest absolute Gasteiger partial charge is 0.358 e. The highest BCUT2D eigenvalue weighted by Gasteiger charge is 2.33. The van der Waals surface area contributed by atoms with Crippen molar-refractivity contribution in [2.75, 3.05) is 0 Å². The maximum atomic E-state index is 3.61. The molecule has 1 aromatic heterocycles. The van der Waals surface area contributed by atoms with Crippen molar-refractivity contribution in [3.63, 3.8) is 0 Å². The first kappa shape index (κ1) is 9.95. The van der Waals surface area contributed by atoms with E-state index in [0.717, 1.165) is 0 Å². The molecule has 0 saturated heterocycles. The van der Waals surface area contributed by atoms with Gasteiger partial charge in [-0.25, -0.2) is 0 Å². The van der Waals surface area contributed by atoms with Gasteiger partial charge in [0.1, 0.15) is 0 Å². The summed E-state index contributed by atoms with van der Waals surface area (Å²) in [5.41, 5.74) is 4.77. The highest BCUT2D eigenvalue weighted by Crippen LogP contribution is 2.43. The topological polar surface area (TPSA) is 15.8 Å². The number of para-hydroxylation sites is 1. The van der Waals surface area contributed by atoms with Gasteiger partial charge in [0, 0.05) is 16.6 Å². The zero-order valence-electron chi connectivity index (χ0n) is 10.1. The van der Waals surface area contributed by atoms with E-state index in [1.807, 2.05) is 0 Å². The fraction of sp³-hybridized carbons (Fsp3) is 0.467. The van der Waals surface area contributed by atoms with Gasteiger partial charge in [0.05, 0.1) is 0 Å². The molecule has 84 valence electrons. The van der Waals surface area contributed by atoms with E-state index in [2.05, 4.69) is 43.1 Å². The summed E-state index contributed by atoms with van der Waals surface area (Å²) >= 11 is 0. The summed E-state index contributed by atoms with van der Waals surface area (Å²) in [4.78, 5) is 3.61. The first-order chi connectivity index (χ1) is 7.74. The molecule has 0 spiro atoms. The van der Waals surface area contributed by atoms with Gasteiger partial charge in [-0.1, -0.05) is 32.0 Å². The molecule has 0 aliphatic heterocycles. The summed E-state index contributed by atoms with van der Waals surface area (Å²) in [5, 5.41) is 1.45. The first-order valence-corrected chi connectivity index (χ1v) is 6.35. The van der Waals surface area contributed by atoms with E-state index in [1.54, 1.807) is 5.56 Å². The third-order valence-electron chi connectivity index (χ3n) is 4.32. The van der Waals surface area contributed by atoms with Gasteiger partial charge >= 0.3 is 0 Å². The molecule has 0 amide bonds. The molecular formula is C15H19N. The quantitative estimate of drug-likeness (QED) is 0.731. The first-order valence-electron chi connectivity index (χ1n) is 6.35. The summed E-state index contributed by atoms with van der Waals surface area (Å²) in [6.07, 6.45) is 5.12. The highest BCUT2D eigenvalue weighted by atomic mass is 14.7. The van der Waals surface area contributed by atoms with Crippen LogP contribution >= 0.6 is 0 Å². The zero-order valence-corrected chi connectivity index (χ0v) is 10.1. The van der Waals surface area contributed by atoms with Crippen LogP contribution in [0, 0.1) is 0 Å². The lowest BCUT2D eigenvalue weighted by molar-refractivity contribution is 0.383. The minimum atomic E-state index is 0.382. The van der Waals surface area contributed by atoms with E-state index in [-0.39, 0.29) is 0 Å². The Kier molecular flexibility index (Phi) is 2.10. The number of H-pyrrole nitrogens is 1. The van der Waals surface area contributed by atoms with Crippen LogP contribution in [0.3, 0.4) is 0 Å². The maximum absolute atomic E-state index is 3.61. The molecule has 0 bridgehead atoms. The number of benzene rings is 1. The van der Waals surface area contributed by atoms with Crippen LogP contribution in [0.1, 0.15) is 44.4 Å². The number of aromatic nitrogens is 1. The van der Waals surface area contributed by atoms with Crippen molar-refractivity contribution < 1.29 is 0 Å². The van der Waals surface area contributed by atoms with Crippen LogP contribution in [-0.4, -0.2) is 4.98 Å². The molecule has 1 heteroatoms. The summed E-state index contributed by atoms with van der Waals surface area (Å²) in [6.45, 7) is 4.74. The van der Waals surface area contributed by atoms with Gasteiger partial charge in [0.2, 0.25) is 0 Å². The van der Waals surface area contributed by atoms with Crippen molar-refractivity contribution in [3.8, 4) is 0 Å². The lowest BCUT2D eigenvalue weighted by Gasteiger charge is -2.33. The van der Waals surface area contributed by atoms with Crippen molar-refractivity contribution in [1.82, 2.24) is 4.98 Å². The Balaban J connectivity index is 2.32. The molecule has 0 fully saturated rings. The minimum absolute atomic E-state index is 0.382. The molecule has 1 aromatic carbocycles. The zero-order chi connectivity index (χ0) is 11.2. The van der Waals surface area contributed by atoms with Crippen molar-refractivity contribution in [3.05, 3.63) is 35.5 Å². The smallest absolute Gasteiger partial charge is 0.0459 e. The number of hydrogen-bond acceptors (Lipinski definition) is 0. The molecule has 1 N–H and O–H groups in total. The minimum Gasteiger partial charge on any atom is -0.358 e. The van der Waals surface area contributed by atoms with Crippen LogP contribution in [0.25, 0.3) is 10.9 Å². The van der Waals surface area contributed by atoms with Gasteiger partial charge in [0.15, 0.2) is 0 Å². The van der Waals surface area contributed by atoms with Gasteiger partial charge in [-0.3, -0.25) is 0 Å². The van der Waals surface area contributed by atoms with Gasteiger partial charge in [-0.05, 0) is 42.7 Å². The van der Waals surface area contributed by atoms with Crippen molar-refractivity contribution in [2.45, 2.75) is 44.9 Å². The Morgan fingerprint density at radius 3 is 2.94 bits per heavy atom. The van der Waals surface area contributed by atoms with Crippen LogP contribution in [-0.2, 0) is 11.8 Å². The van der Waals surface area contributed by atoms with Crippen LogP contribution in [0.15, 0.2) is 24.3 Å². The molecule has 2 aromatic rings. The molecule has 16 heavy (non-hydrogen) atoms. The fourth-order valence-corrected chi connectivity index (χ4v) is 3.21. The van der Waals surface area contributed by atoms with E-state index in [4.69, 9.17) is 0 Å². The monoisotopic (exact) mass is 213 g/mol. The van der Waals surface area contributed by atoms with Crippen LogP contribution in [0.5, 0.6) is 0 Å². The Labute approximate surface area is 96.9 Å². The number of aromatic amines is 1. The summed E-state index contributed by atoms with van der Waals surface area (Å²) in [6, 6.07) is 8.74.